The van der Waals surface area contributed by atoms with E-state index in [1.165, 1.54) is 48.7 Å². The smallest absolute Gasteiger partial charge is 0.354 e. The number of amides is 1. The molecule has 0 aliphatic carbocycles. The predicted octanol–water partition coefficient (Wildman–Crippen LogP) is 0.518. The summed E-state index contributed by atoms with van der Waals surface area (Å²) in [5.41, 5.74) is -0.00211. The van der Waals surface area contributed by atoms with Gasteiger partial charge in [0, 0.05) is 5.75 Å². The first-order valence-corrected chi connectivity index (χ1v) is 7.68. The van der Waals surface area contributed by atoms with Gasteiger partial charge in [-0.3, -0.25) is 9.69 Å². The molecule has 9 heteroatoms. The van der Waals surface area contributed by atoms with E-state index in [1.54, 1.807) is 0 Å². The summed E-state index contributed by atoms with van der Waals surface area (Å²) in [6.07, 6.45) is 0.729. The Balaban J connectivity index is 2.13. The van der Waals surface area contributed by atoms with Crippen molar-refractivity contribution in [3.05, 3.63) is 9.93 Å². The van der Waals surface area contributed by atoms with E-state index in [-0.39, 0.29) is 17.0 Å². The van der Waals surface area contributed by atoms with Crippen LogP contribution in [0.1, 0.15) is 6.92 Å². The fourth-order valence-electron chi connectivity index (χ4n) is 2.07. The number of rotatable bonds is 6. The molecule has 0 aromatic heterocycles. The van der Waals surface area contributed by atoms with Crippen LogP contribution in [0.4, 0.5) is 0 Å². The second-order valence-corrected chi connectivity index (χ2v) is 6.62. The van der Waals surface area contributed by atoms with Gasteiger partial charge in [0.15, 0.2) is 5.70 Å². The topological polar surface area (TPSA) is 99.4 Å². The van der Waals surface area contributed by atoms with Gasteiger partial charge >= 0.3 is 5.97 Å². The zero-order valence-electron chi connectivity index (χ0n) is 10.8. The number of thioether (sulfide) groups is 2. The van der Waals surface area contributed by atoms with Crippen LogP contribution >= 0.6 is 23.5 Å². The molecule has 0 aromatic carbocycles. The first kappa shape index (κ1) is 15.2. The first-order valence-electron chi connectivity index (χ1n) is 5.82. The third kappa shape index (κ3) is 2.52. The van der Waals surface area contributed by atoms with E-state index >= 15 is 0 Å². The van der Waals surface area contributed by atoms with Gasteiger partial charge in [0.05, 0.1) is 22.5 Å². The molecule has 0 bridgehead atoms. The van der Waals surface area contributed by atoms with E-state index in [4.69, 9.17) is 0 Å². The molecular formula is C11H14N2O5S2. The van der Waals surface area contributed by atoms with Crippen molar-refractivity contribution in [1.29, 1.82) is 0 Å². The predicted molar refractivity (Wildman–Crippen MR) is 76.0 cm³/mol. The first-order chi connectivity index (χ1) is 9.49. The zero-order valence-corrected chi connectivity index (χ0v) is 12.5. The van der Waals surface area contributed by atoms with E-state index in [0.717, 1.165) is 0 Å². The summed E-state index contributed by atoms with van der Waals surface area (Å²) >= 11 is 2.58. The third-order valence-corrected chi connectivity index (χ3v) is 5.50. The Labute approximate surface area is 124 Å². The van der Waals surface area contributed by atoms with Gasteiger partial charge < -0.3 is 15.1 Å². The Kier molecular flexibility index (Phi) is 4.61. The summed E-state index contributed by atoms with van der Waals surface area (Å²) in [5.74, 6) is -1.57. The number of β-lactam (4-membered cyclic amide) rings is 1. The van der Waals surface area contributed by atoms with Crippen LogP contribution in [0.3, 0.4) is 0 Å². The highest BCUT2D eigenvalue weighted by Gasteiger charge is 2.57. The number of carbonyl (C=O) groups excluding carboxylic acids is 1. The van der Waals surface area contributed by atoms with Crippen LogP contribution in [0.5, 0.6) is 0 Å². The fraction of sp³-hybridized carbons (Fsp3) is 0.545. The van der Waals surface area contributed by atoms with Crippen LogP contribution in [-0.4, -0.2) is 57.5 Å². The summed E-state index contributed by atoms with van der Waals surface area (Å²) in [6.45, 7) is 1.54. The van der Waals surface area contributed by atoms with Gasteiger partial charge in [0.2, 0.25) is 5.91 Å². The van der Waals surface area contributed by atoms with Gasteiger partial charge in [-0.25, -0.2) is 4.79 Å². The van der Waals surface area contributed by atoms with Crippen molar-refractivity contribution >= 4 is 41.6 Å². The van der Waals surface area contributed by atoms with Gasteiger partial charge in [0.1, 0.15) is 12.5 Å². The molecular weight excluding hydrogens is 304 g/mol. The highest BCUT2D eigenvalue weighted by molar-refractivity contribution is 8.23. The van der Waals surface area contributed by atoms with E-state index < -0.39 is 18.0 Å². The number of aliphatic hydroxyl groups is 1. The number of carbonyl (C=O) groups is 2. The molecule has 0 aromatic rings. The van der Waals surface area contributed by atoms with Crippen molar-refractivity contribution in [3.63, 3.8) is 0 Å². The molecule has 1 fully saturated rings. The van der Waals surface area contributed by atoms with E-state index in [2.05, 4.69) is 9.99 Å². The van der Waals surface area contributed by atoms with Gasteiger partial charge in [-0.2, -0.15) is 0 Å². The minimum absolute atomic E-state index is 0.00211. The van der Waals surface area contributed by atoms with Crippen molar-refractivity contribution < 1.29 is 24.6 Å². The molecule has 1 amide bonds. The van der Waals surface area contributed by atoms with Crippen LogP contribution in [0.15, 0.2) is 15.1 Å². The largest absolute Gasteiger partial charge is 0.477 e. The summed E-state index contributed by atoms with van der Waals surface area (Å²) < 4.78 is 0.557. The number of oxime groups is 1. The molecule has 20 heavy (non-hydrogen) atoms. The number of aliphatic carboxylic acids is 1. The monoisotopic (exact) mass is 318 g/mol. The number of hydrogen-bond donors (Lipinski definition) is 2. The maximum absolute atomic E-state index is 11.9. The number of carboxylic acids is 1. The van der Waals surface area contributed by atoms with Crippen molar-refractivity contribution in [2.75, 3.05) is 12.9 Å². The summed E-state index contributed by atoms with van der Waals surface area (Å²) in [7, 11) is 1.42. The van der Waals surface area contributed by atoms with E-state index in [9.17, 15) is 19.8 Å². The standard InChI is InChI=1S/C11H14N2O5S2/c1-5(14)6-8(15)13-7(10(16)17)11(20-9(6)13)19-4-3-12-18-2/h3,5-6,9,14H,4H2,1-2H3,(H,16,17)/t5?,6-,9+/m0/s1. The molecule has 0 spiro atoms. The average molecular weight is 318 g/mol. The van der Waals surface area contributed by atoms with E-state index in [0.29, 0.717) is 9.99 Å². The van der Waals surface area contributed by atoms with Gasteiger partial charge in [-0.1, -0.05) is 16.9 Å². The number of aliphatic hydroxyl groups excluding tert-OH is 1. The Hall–Kier alpha value is -1.19. The minimum atomic E-state index is -1.14. The van der Waals surface area contributed by atoms with Crippen molar-refractivity contribution in [2.45, 2.75) is 18.4 Å². The quantitative estimate of drug-likeness (QED) is 0.418. The second kappa shape index (κ2) is 6.06. The van der Waals surface area contributed by atoms with Gasteiger partial charge in [-0.05, 0) is 6.92 Å². The number of carboxylic acid groups (broad SMARTS) is 1. The fourth-order valence-corrected chi connectivity index (χ4v) is 4.77. The van der Waals surface area contributed by atoms with Crippen LogP contribution in [0.2, 0.25) is 0 Å². The van der Waals surface area contributed by atoms with Gasteiger partial charge in [0.25, 0.3) is 0 Å². The summed E-state index contributed by atoms with van der Waals surface area (Å²) in [4.78, 5) is 29.0. The Morgan fingerprint density at radius 2 is 2.40 bits per heavy atom. The third-order valence-electron chi connectivity index (χ3n) is 2.94. The maximum Gasteiger partial charge on any atom is 0.354 e. The lowest BCUT2D eigenvalue weighted by Gasteiger charge is -2.43. The molecule has 1 unspecified atom stereocenters. The van der Waals surface area contributed by atoms with Crippen molar-refractivity contribution in [3.8, 4) is 0 Å². The van der Waals surface area contributed by atoms with Gasteiger partial charge in [-0.15, -0.1) is 11.8 Å². The van der Waals surface area contributed by atoms with Crippen LogP contribution in [0, 0.1) is 5.92 Å². The molecule has 0 saturated carbocycles. The molecule has 1 saturated heterocycles. The van der Waals surface area contributed by atoms with Crippen LogP contribution in [-0.2, 0) is 14.4 Å². The molecule has 2 heterocycles. The maximum atomic E-state index is 11.9. The van der Waals surface area contributed by atoms with Crippen LogP contribution in [0.25, 0.3) is 0 Å². The lowest BCUT2D eigenvalue weighted by Crippen LogP contribution is -2.60. The number of hydrogen-bond acceptors (Lipinski definition) is 7. The Bertz CT molecular complexity index is 491. The van der Waals surface area contributed by atoms with Crippen LogP contribution < -0.4 is 0 Å². The van der Waals surface area contributed by atoms with Crippen molar-refractivity contribution in [2.24, 2.45) is 11.1 Å². The lowest BCUT2D eigenvalue weighted by molar-refractivity contribution is -0.156. The molecule has 2 aliphatic rings. The zero-order chi connectivity index (χ0) is 14.9. The molecule has 2 N–H and O–H groups in total. The highest BCUT2D eigenvalue weighted by Crippen LogP contribution is 2.53. The van der Waals surface area contributed by atoms with Crippen molar-refractivity contribution in [1.82, 2.24) is 4.90 Å². The normalized spacial score (nSPS) is 26.8. The minimum Gasteiger partial charge on any atom is -0.477 e. The summed E-state index contributed by atoms with van der Waals surface area (Å²) in [5, 5.41) is 22.1. The molecule has 0 radical (unpaired) electrons. The highest BCUT2D eigenvalue weighted by atomic mass is 32.2. The molecule has 7 nitrogen and oxygen atoms in total. The molecule has 2 aliphatic heterocycles. The molecule has 2 rings (SSSR count). The Morgan fingerprint density at radius 1 is 1.70 bits per heavy atom. The Morgan fingerprint density at radius 3 is 2.95 bits per heavy atom. The average Bonchev–Trinajstić information content (AvgIpc) is 2.69. The second-order valence-electron chi connectivity index (χ2n) is 4.21. The SMILES string of the molecule is CON=CCSC1=C(C(=O)O)N2C(=O)[C@H](C(C)O)[C@H]2S1. The number of nitrogens with zero attached hydrogens (tertiary/aromatic N) is 2. The summed E-state index contributed by atoms with van der Waals surface area (Å²) in [6, 6.07) is 0. The molecule has 3 atom stereocenters. The molecule has 110 valence electrons. The lowest BCUT2D eigenvalue weighted by atomic mass is 9.92. The number of fused-ring (bicyclic) bond motifs is 1. The van der Waals surface area contributed by atoms with E-state index in [1.807, 2.05) is 0 Å².